The van der Waals surface area contributed by atoms with E-state index < -0.39 is 0 Å². The van der Waals surface area contributed by atoms with Gasteiger partial charge in [0.2, 0.25) is 0 Å². The molecule has 3 rings (SSSR count). The summed E-state index contributed by atoms with van der Waals surface area (Å²) in [6.45, 7) is 1.39. The lowest BCUT2D eigenvalue weighted by Gasteiger charge is -2.18. The van der Waals surface area contributed by atoms with Crippen LogP contribution >= 0.6 is 0 Å². The van der Waals surface area contributed by atoms with Crippen molar-refractivity contribution in [1.29, 1.82) is 0 Å². The Morgan fingerprint density at radius 2 is 2.29 bits per heavy atom. The molecule has 0 bridgehead atoms. The Morgan fingerprint density at radius 1 is 1.41 bits per heavy atom. The van der Waals surface area contributed by atoms with E-state index in [1.165, 1.54) is 5.56 Å². The van der Waals surface area contributed by atoms with Crippen LogP contribution < -0.4 is 5.73 Å². The number of aryl methyl sites for hydroxylation is 1. The van der Waals surface area contributed by atoms with E-state index in [9.17, 15) is 0 Å². The zero-order valence-electron chi connectivity index (χ0n) is 9.68. The van der Waals surface area contributed by atoms with Gasteiger partial charge in [-0.1, -0.05) is 6.07 Å². The van der Waals surface area contributed by atoms with E-state index in [2.05, 4.69) is 20.8 Å². The van der Waals surface area contributed by atoms with Gasteiger partial charge in [-0.05, 0) is 24.1 Å². The molecule has 1 aromatic carbocycles. The molecule has 0 saturated carbocycles. The van der Waals surface area contributed by atoms with E-state index in [0.29, 0.717) is 6.61 Å². The first-order valence-electron chi connectivity index (χ1n) is 5.59. The second-order valence-electron chi connectivity index (χ2n) is 4.19. The first-order valence-corrected chi connectivity index (χ1v) is 5.59. The molecular formula is C12H14N4O. The maximum Gasteiger partial charge on any atom is 0.164 e. The molecule has 0 unspecified atom stereocenters. The van der Waals surface area contributed by atoms with Crippen molar-refractivity contribution >= 4 is 5.69 Å². The highest BCUT2D eigenvalue weighted by molar-refractivity contribution is 5.67. The number of nitrogens with zero attached hydrogens (tertiary/aromatic N) is 3. The average Bonchev–Trinajstić information content (AvgIpc) is 2.73. The van der Waals surface area contributed by atoms with Gasteiger partial charge in [0.1, 0.15) is 6.61 Å². The summed E-state index contributed by atoms with van der Waals surface area (Å²) in [4.78, 5) is 0. The first kappa shape index (κ1) is 10.3. The minimum Gasteiger partial charge on any atom is -0.399 e. The van der Waals surface area contributed by atoms with E-state index in [4.69, 9.17) is 10.5 Å². The predicted octanol–water partition coefficient (Wildman–Crippen LogP) is 1.23. The fraction of sp³-hybridized carbons (Fsp3) is 0.333. The van der Waals surface area contributed by atoms with Crippen LogP contribution in [0.15, 0.2) is 18.2 Å². The lowest BCUT2D eigenvalue weighted by atomic mass is 10.00. The van der Waals surface area contributed by atoms with Gasteiger partial charge >= 0.3 is 0 Å². The molecule has 1 aliphatic rings. The molecule has 1 aromatic heterocycles. The summed E-state index contributed by atoms with van der Waals surface area (Å²) in [5.74, 6) is 1.76. The Balaban J connectivity index is 2.13. The van der Waals surface area contributed by atoms with E-state index in [0.717, 1.165) is 35.9 Å². The van der Waals surface area contributed by atoms with Gasteiger partial charge in [0.25, 0.3) is 0 Å². The highest BCUT2D eigenvalue weighted by Crippen LogP contribution is 2.30. The summed E-state index contributed by atoms with van der Waals surface area (Å²) in [5, 5.41) is 8.40. The van der Waals surface area contributed by atoms with Crippen LogP contribution in [0.1, 0.15) is 11.4 Å². The molecule has 2 heterocycles. The number of nitrogen functional groups attached to an aromatic ring is 1. The Hall–Kier alpha value is -1.88. The molecule has 0 fully saturated rings. The highest BCUT2D eigenvalue weighted by atomic mass is 16.5. The molecule has 0 radical (unpaired) electrons. The number of methoxy groups -OCH3 is 1. The van der Waals surface area contributed by atoms with Crippen LogP contribution in [-0.4, -0.2) is 21.9 Å². The summed E-state index contributed by atoms with van der Waals surface area (Å²) in [6.07, 6.45) is 0.983. The standard InChI is InChI=1S/C12H14N4O/c1-17-7-11-14-15-12-10-6-9(13)3-2-8(10)4-5-16(11)12/h2-3,6H,4-5,7,13H2,1H3. The Morgan fingerprint density at radius 3 is 3.12 bits per heavy atom. The van der Waals surface area contributed by atoms with Crippen LogP contribution in [-0.2, 0) is 24.3 Å². The van der Waals surface area contributed by atoms with Crippen molar-refractivity contribution in [1.82, 2.24) is 14.8 Å². The largest absolute Gasteiger partial charge is 0.399 e. The summed E-state index contributed by atoms with van der Waals surface area (Å²) in [5.41, 5.74) is 8.95. The fourth-order valence-electron chi connectivity index (χ4n) is 2.26. The Bertz CT molecular complexity index is 562. The monoisotopic (exact) mass is 230 g/mol. The molecule has 0 amide bonds. The molecule has 1 aliphatic heterocycles. The van der Waals surface area contributed by atoms with Crippen molar-refractivity contribution in [2.24, 2.45) is 0 Å². The van der Waals surface area contributed by atoms with Crippen LogP contribution in [0, 0.1) is 0 Å². The molecule has 0 spiro atoms. The highest BCUT2D eigenvalue weighted by Gasteiger charge is 2.21. The molecule has 0 aliphatic carbocycles. The fourth-order valence-corrected chi connectivity index (χ4v) is 2.26. The van der Waals surface area contributed by atoms with Crippen molar-refractivity contribution in [3.63, 3.8) is 0 Å². The Kier molecular flexibility index (Phi) is 2.33. The van der Waals surface area contributed by atoms with Crippen LogP contribution in [0.3, 0.4) is 0 Å². The normalized spacial score (nSPS) is 13.2. The number of nitrogens with two attached hydrogens (primary N) is 1. The van der Waals surface area contributed by atoms with E-state index >= 15 is 0 Å². The maximum atomic E-state index is 5.82. The van der Waals surface area contributed by atoms with E-state index in [1.54, 1.807) is 7.11 Å². The second-order valence-corrected chi connectivity index (χ2v) is 4.19. The van der Waals surface area contributed by atoms with Crippen LogP contribution in [0.25, 0.3) is 11.4 Å². The number of aromatic nitrogens is 3. The molecule has 0 saturated heterocycles. The lowest BCUT2D eigenvalue weighted by molar-refractivity contribution is 0.174. The Labute approximate surface area is 99.2 Å². The van der Waals surface area contributed by atoms with Crippen LogP contribution in [0.5, 0.6) is 0 Å². The molecule has 5 heteroatoms. The van der Waals surface area contributed by atoms with Gasteiger partial charge in [0.15, 0.2) is 11.6 Å². The number of fused-ring (bicyclic) bond motifs is 3. The quantitative estimate of drug-likeness (QED) is 0.788. The van der Waals surface area contributed by atoms with Crippen molar-refractivity contribution in [3.05, 3.63) is 29.6 Å². The minimum atomic E-state index is 0.491. The number of anilines is 1. The molecular weight excluding hydrogens is 216 g/mol. The third-order valence-corrected chi connectivity index (χ3v) is 3.08. The van der Waals surface area contributed by atoms with Crippen molar-refractivity contribution in [3.8, 4) is 11.4 Å². The van der Waals surface area contributed by atoms with Crippen molar-refractivity contribution in [2.75, 3.05) is 12.8 Å². The number of rotatable bonds is 2. The molecule has 5 nitrogen and oxygen atoms in total. The number of ether oxygens (including phenoxy) is 1. The predicted molar refractivity (Wildman–Crippen MR) is 64.3 cm³/mol. The third kappa shape index (κ3) is 1.59. The smallest absolute Gasteiger partial charge is 0.164 e. The maximum absolute atomic E-state index is 5.82. The van der Waals surface area contributed by atoms with Crippen LogP contribution in [0.4, 0.5) is 5.69 Å². The zero-order valence-corrected chi connectivity index (χ0v) is 9.68. The summed E-state index contributed by atoms with van der Waals surface area (Å²) >= 11 is 0. The SMILES string of the molecule is COCc1nnc2n1CCc1ccc(N)cc1-2. The third-order valence-electron chi connectivity index (χ3n) is 3.08. The molecule has 0 atom stereocenters. The lowest BCUT2D eigenvalue weighted by Crippen LogP contribution is -2.14. The van der Waals surface area contributed by atoms with Crippen LogP contribution in [0.2, 0.25) is 0 Å². The van der Waals surface area contributed by atoms with Gasteiger partial charge in [-0.15, -0.1) is 10.2 Å². The number of hydrogen-bond acceptors (Lipinski definition) is 4. The minimum absolute atomic E-state index is 0.491. The van der Waals surface area contributed by atoms with Gasteiger partial charge < -0.3 is 15.0 Å². The van der Waals surface area contributed by atoms with E-state index in [1.807, 2.05) is 12.1 Å². The molecule has 2 aromatic rings. The molecule has 17 heavy (non-hydrogen) atoms. The van der Waals surface area contributed by atoms with Gasteiger partial charge in [-0.2, -0.15) is 0 Å². The molecule has 88 valence electrons. The second kappa shape index (κ2) is 3.85. The topological polar surface area (TPSA) is 66.0 Å². The van der Waals surface area contributed by atoms with Gasteiger partial charge in [0, 0.05) is 24.9 Å². The van der Waals surface area contributed by atoms with E-state index in [-0.39, 0.29) is 0 Å². The average molecular weight is 230 g/mol. The van der Waals surface area contributed by atoms with Crippen molar-refractivity contribution < 1.29 is 4.74 Å². The number of benzene rings is 1. The van der Waals surface area contributed by atoms with Gasteiger partial charge in [-0.25, -0.2) is 0 Å². The van der Waals surface area contributed by atoms with Crippen molar-refractivity contribution in [2.45, 2.75) is 19.6 Å². The van der Waals surface area contributed by atoms with Gasteiger partial charge in [0.05, 0.1) is 0 Å². The first-order chi connectivity index (χ1) is 8.29. The molecule has 2 N–H and O–H groups in total. The summed E-state index contributed by atoms with van der Waals surface area (Å²) in [7, 11) is 1.66. The number of hydrogen-bond donors (Lipinski definition) is 1. The summed E-state index contributed by atoms with van der Waals surface area (Å²) in [6, 6.07) is 5.96. The summed E-state index contributed by atoms with van der Waals surface area (Å²) < 4.78 is 7.22. The van der Waals surface area contributed by atoms with Gasteiger partial charge in [-0.3, -0.25) is 0 Å². The zero-order chi connectivity index (χ0) is 11.8.